The summed E-state index contributed by atoms with van der Waals surface area (Å²) in [7, 11) is 0. The zero-order chi connectivity index (χ0) is 10.6. The van der Waals surface area contributed by atoms with Crippen molar-refractivity contribution in [1.82, 2.24) is 4.90 Å². The Morgan fingerprint density at radius 3 is 2.79 bits per heavy atom. The molecule has 1 rings (SSSR count). The third-order valence-electron chi connectivity index (χ3n) is 3.23. The van der Waals surface area contributed by atoms with Crippen LogP contribution in [-0.2, 0) is 0 Å². The lowest BCUT2D eigenvalue weighted by Crippen LogP contribution is -2.45. The molecular weight excluding hydrogens is 192 g/mol. The first-order chi connectivity index (χ1) is 6.65. The van der Waals surface area contributed by atoms with E-state index in [1.807, 2.05) is 0 Å². The highest BCUT2D eigenvalue weighted by Crippen LogP contribution is 2.22. The number of thiocarbonyl (C=S) groups is 1. The molecule has 82 valence electrons. The first-order valence-corrected chi connectivity index (χ1v) is 6.10. The van der Waals surface area contributed by atoms with Crippen molar-refractivity contribution in [2.45, 2.75) is 58.0 Å². The minimum atomic E-state index is 0.572. The second-order valence-electron chi connectivity index (χ2n) is 4.32. The maximum Gasteiger partial charge on any atom is 0.0743 e. The van der Waals surface area contributed by atoms with Gasteiger partial charge in [0.2, 0.25) is 0 Å². The molecule has 2 atom stereocenters. The largest absolute Gasteiger partial charge is 0.393 e. The van der Waals surface area contributed by atoms with Crippen LogP contribution in [0.4, 0.5) is 0 Å². The Morgan fingerprint density at radius 2 is 2.29 bits per heavy atom. The van der Waals surface area contributed by atoms with E-state index >= 15 is 0 Å². The topological polar surface area (TPSA) is 29.3 Å². The van der Waals surface area contributed by atoms with E-state index < -0.39 is 0 Å². The van der Waals surface area contributed by atoms with Crippen molar-refractivity contribution in [3.05, 3.63) is 0 Å². The summed E-state index contributed by atoms with van der Waals surface area (Å²) < 4.78 is 0. The number of likely N-dealkylation sites (tertiary alicyclic amines) is 1. The molecule has 3 heteroatoms. The number of rotatable bonds is 4. The molecular formula is C11H22N2S. The summed E-state index contributed by atoms with van der Waals surface area (Å²) in [5.41, 5.74) is 5.63. The quantitative estimate of drug-likeness (QED) is 0.728. The van der Waals surface area contributed by atoms with Gasteiger partial charge in [0.15, 0.2) is 0 Å². The van der Waals surface area contributed by atoms with Crippen LogP contribution in [-0.4, -0.2) is 28.5 Å². The fourth-order valence-electron chi connectivity index (χ4n) is 2.39. The van der Waals surface area contributed by atoms with Gasteiger partial charge in [0.05, 0.1) is 4.99 Å². The van der Waals surface area contributed by atoms with E-state index in [2.05, 4.69) is 18.7 Å². The van der Waals surface area contributed by atoms with Crippen molar-refractivity contribution in [3.8, 4) is 0 Å². The molecule has 0 aromatic heterocycles. The Labute approximate surface area is 92.8 Å². The second-order valence-corrected chi connectivity index (χ2v) is 4.84. The summed E-state index contributed by atoms with van der Waals surface area (Å²) in [4.78, 5) is 3.25. The third kappa shape index (κ3) is 3.21. The van der Waals surface area contributed by atoms with Crippen LogP contribution in [0.15, 0.2) is 0 Å². The Kier molecular flexibility index (Phi) is 4.82. The van der Waals surface area contributed by atoms with Gasteiger partial charge in [0.1, 0.15) is 0 Å². The number of hydrogen-bond donors (Lipinski definition) is 1. The van der Waals surface area contributed by atoms with Gasteiger partial charge in [0.25, 0.3) is 0 Å². The molecule has 2 N–H and O–H groups in total. The fraction of sp³-hybridized carbons (Fsp3) is 0.909. The van der Waals surface area contributed by atoms with Crippen molar-refractivity contribution in [3.63, 3.8) is 0 Å². The molecule has 0 saturated carbocycles. The monoisotopic (exact) mass is 214 g/mol. The summed E-state index contributed by atoms with van der Waals surface area (Å²) in [5, 5.41) is 0. The fourth-order valence-corrected chi connectivity index (χ4v) is 2.58. The number of piperidine rings is 1. The van der Waals surface area contributed by atoms with Gasteiger partial charge in [-0.1, -0.05) is 25.6 Å². The summed E-state index contributed by atoms with van der Waals surface area (Å²) in [5.74, 6) is 0. The molecule has 0 radical (unpaired) electrons. The van der Waals surface area contributed by atoms with E-state index in [-0.39, 0.29) is 0 Å². The summed E-state index contributed by atoms with van der Waals surface area (Å²) in [6.07, 6.45) is 6.07. The SMILES string of the molecule is CCC(CC(N)=S)N1CCCCC1C. The van der Waals surface area contributed by atoms with Crippen LogP contribution in [0.2, 0.25) is 0 Å². The second kappa shape index (κ2) is 5.66. The number of nitrogens with two attached hydrogens (primary N) is 1. The van der Waals surface area contributed by atoms with Crippen LogP contribution < -0.4 is 5.73 Å². The van der Waals surface area contributed by atoms with Crippen molar-refractivity contribution in [1.29, 1.82) is 0 Å². The van der Waals surface area contributed by atoms with Gasteiger partial charge in [-0.3, -0.25) is 4.90 Å². The minimum absolute atomic E-state index is 0.572. The van der Waals surface area contributed by atoms with Crippen LogP contribution in [0.1, 0.15) is 46.0 Å². The molecule has 2 nitrogen and oxygen atoms in total. The lowest BCUT2D eigenvalue weighted by Gasteiger charge is -2.39. The molecule has 1 fully saturated rings. The Hall–Kier alpha value is -0.150. The molecule has 0 amide bonds. The predicted molar refractivity (Wildman–Crippen MR) is 65.5 cm³/mol. The van der Waals surface area contributed by atoms with Gasteiger partial charge >= 0.3 is 0 Å². The Morgan fingerprint density at radius 1 is 1.57 bits per heavy atom. The first-order valence-electron chi connectivity index (χ1n) is 5.69. The molecule has 2 unspecified atom stereocenters. The van der Waals surface area contributed by atoms with Gasteiger partial charge in [0, 0.05) is 18.5 Å². The Bertz CT molecular complexity index is 194. The maximum atomic E-state index is 5.63. The summed E-state index contributed by atoms with van der Waals surface area (Å²) in [6, 6.07) is 1.28. The molecule has 0 spiro atoms. The lowest BCUT2D eigenvalue weighted by molar-refractivity contribution is 0.106. The van der Waals surface area contributed by atoms with E-state index in [1.54, 1.807) is 0 Å². The lowest BCUT2D eigenvalue weighted by atomic mass is 9.98. The number of hydrogen-bond acceptors (Lipinski definition) is 2. The van der Waals surface area contributed by atoms with Gasteiger partial charge in [-0.2, -0.15) is 0 Å². The van der Waals surface area contributed by atoms with Crippen LogP contribution in [0.5, 0.6) is 0 Å². The van der Waals surface area contributed by atoms with Gasteiger partial charge in [-0.05, 0) is 32.7 Å². The Balaban J connectivity index is 2.52. The molecule has 1 aliphatic heterocycles. The van der Waals surface area contributed by atoms with Crippen LogP contribution in [0.3, 0.4) is 0 Å². The standard InChI is InChI=1S/C11H22N2S/c1-3-10(8-11(12)14)13-7-5-4-6-9(13)2/h9-10H,3-8H2,1-2H3,(H2,12,14). The van der Waals surface area contributed by atoms with Crippen molar-refractivity contribution in [2.75, 3.05) is 6.54 Å². The summed E-state index contributed by atoms with van der Waals surface area (Å²) in [6.45, 7) is 5.77. The van der Waals surface area contributed by atoms with Gasteiger partial charge in [-0.25, -0.2) is 0 Å². The molecule has 0 aliphatic carbocycles. The third-order valence-corrected chi connectivity index (χ3v) is 3.40. The van der Waals surface area contributed by atoms with E-state index in [9.17, 15) is 0 Å². The van der Waals surface area contributed by atoms with E-state index in [1.165, 1.54) is 25.8 Å². The zero-order valence-electron chi connectivity index (χ0n) is 9.33. The van der Waals surface area contributed by atoms with Gasteiger partial charge < -0.3 is 5.73 Å². The van der Waals surface area contributed by atoms with Crippen molar-refractivity contribution in [2.24, 2.45) is 5.73 Å². The highest BCUT2D eigenvalue weighted by Gasteiger charge is 2.24. The van der Waals surface area contributed by atoms with Gasteiger partial charge in [-0.15, -0.1) is 0 Å². The molecule has 1 heterocycles. The first kappa shape index (κ1) is 11.9. The average molecular weight is 214 g/mol. The van der Waals surface area contributed by atoms with Crippen molar-refractivity contribution >= 4 is 17.2 Å². The molecule has 0 bridgehead atoms. The highest BCUT2D eigenvalue weighted by molar-refractivity contribution is 7.80. The normalized spacial score (nSPS) is 26.0. The average Bonchev–Trinajstić information content (AvgIpc) is 2.15. The molecule has 1 aliphatic rings. The van der Waals surface area contributed by atoms with Crippen LogP contribution in [0, 0.1) is 0 Å². The van der Waals surface area contributed by atoms with E-state index in [4.69, 9.17) is 18.0 Å². The van der Waals surface area contributed by atoms with Crippen LogP contribution in [0.25, 0.3) is 0 Å². The van der Waals surface area contributed by atoms with E-state index in [0.29, 0.717) is 17.1 Å². The predicted octanol–water partition coefficient (Wildman–Crippen LogP) is 2.32. The minimum Gasteiger partial charge on any atom is -0.393 e. The van der Waals surface area contributed by atoms with Crippen LogP contribution >= 0.6 is 12.2 Å². The van der Waals surface area contributed by atoms with Crippen molar-refractivity contribution < 1.29 is 0 Å². The zero-order valence-corrected chi connectivity index (χ0v) is 10.1. The molecule has 1 saturated heterocycles. The smallest absolute Gasteiger partial charge is 0.0743 e. The molecule has 14 heavy (non-hydrogen) atoms. The maximum absolute atomic E-state index is 5.63. The molecule has 0 aromatic rings. The summed E-state index contributed by atoms with van der Waals surface area (Å²) >= 11 is 5.00. The number of nitrogens with zero attached hydrogens (tertiary/aromatic N) is 1. The highest BCUT2D eigenvalue weighted by atomic mass is 32.1. The molecule has 0 aromatic carbocycles. The van der Waals surface area contributed by atoms with E-state index in [0.717, 1.165) is 12.8 Å².